The number of aromatic nitrogens is 1. The van der Waals surface area contributed by atoms with Crippen LogP contribution in [-0.2, 0) is 4.79 Å². The molecule has 0 bridgehead atoms. The lowest BCUT2D eigenvalue weighted by Crippen LogP contribution is -2.13. The highest BCUT2D eigenvalue weighted by molar-refractivity contribution is 5.92. The summed E-state index contributed by atoms with van der Waals surface area (Å²) in [7, 11) is 0. The maximum atomic E-state index is 11.5. The Morgan fingerprint density at radius 1 is 1.44 bits per heavy atom. The van der Waals surface area contributed by atoms with E-state index >= 15 is 0 Å². The van der Waals surface area contributed by atoms with Crippen molar-refractivity contribution in [2.45, 2.75) is 12.8 Å². The maximum absolute atomic E-state index is 11.5. The zero-order valence-corrected chi connectivity index (χ0v) is 10.4. The van der Waals surface area contributed by atoms with Gasteiger partial charge in [0.25, 0.3) is 0 Å². The fourth-order valence-electron chi connectivity index (χ4n) is 1.52. The highest BCUT2D eigenvalue weighted by Gasteiger charge is 2.05. The van der Waals surface area contributed by atoms with E-state index in [0.29, 0.717) is 36.2 Å². The molecule has 0 fully saturated rings. The number of nitrogens with one attached hydrogen (secondary N) is 2. The molecule has 2 rings (SSSR count). The molecule has 0 atom stereocenters. The van der Waals surface area contributed by atoms with Gasteiger partial charge < -0.3 is 15.5 Å². The summed E-state index contributed by atoms with van der Waals surface area (Å²) in [5.41, 5.74) is 6.97. The summed E-state index contributed by atoms with van der Waals surface area (Å²) in [6.45, 7) is 0.488. The number of hydrogen-bond donors (Lipinski definition) is 3. The van der Waals surface area contributed by atoms with Crippen molar-refractivity contribution in [2.24, 2.45) is 5.73 Å². The van der Waals surface area contributed by atoms with Crippen LogP contribution in [0.15, 0.2) is 27.4 Å². The third kappa shape index (κ3) is 3.35. The van der Waals surface area contributed by atoms with Gasteiger partial charge in [-0.2, -0.15) is 0 Å². The quantitative estimate of drug-likeness (QED) is 0.778. The van der Waals surface area contributed by atoms with Gasteiger partial charge in [0, 0.05) is 12.1 Å². The lowest BCUT2D eigenvalue weighted by atomic mass is 10.2. The summed E-state index contributed by atoms with van der Waals surface area (Å²) in [5, 5.41) is 2.72. The number of nitrogens with two attached hydrogens (primary N) is 1. The second kappa shape index (κ2) is 6.23. The van der Waals surface area contributed by atoms with Crippen molar-refractivity contribution in [3.63, 3.8) is 0 Å². The van der Waals surface area contributed by atoms with Gasteiger partial charge >= 0.3 is 5.76 Å². The molecular formula is C11H14ClN3O3. The Morgan fingerprint density at radius 3 is 2.94 bits per heavy atom. The van der Waals surface area contributed by atoms with Gasteiger partial charge in [0.15, 0.2) is 5.58 Å². The molecule has 1 aromatic heterocycles. The molecule has 2 aromatic rings. The molecule has 4 N–H and O–H groups in total. The number of carbonyl (C=O) groups is 1. The molecule has 0 aliphatic carbocycles. The third-order valence-electron chi connectivity index (χ3n) is 2.31. The first kappa shape index (κ1) is 14.3. The fraction of sp³-hybridized carbons (Fsp3) is 0.273. The molecule has 1 amide bonds. The maximum Gasteiger partial charge on any atom is 0.417 e. The molecular weight excluding hydrogens is 258 g/mol. The van der Waals surface area contributed by atoms with Crippen molar-refractivity contribution in [3.05, 3.63) is 28.7 Å². The van der Waals surface area contributed by atoms with Crippen LogP contribution in [-0.4, -0.2) is 17.4 Å². The Labute approximate surface area is 109 Å². The standard InChI is InChI=1S/C11H13N3O3.ClH/c12-5-1-2-10(15)13-7-3-4-9-8(6-7)14-11(16)17-9;/h3-4,6H,1-2,5,12H2,(H,13,15)(H,14,16);1H. The van der Waals surface area contributed by atoms with Crippen LogP contribution in [0.1, 0.15) is 12.8 Å². The zero-order chi connectivity index (χ0) is 12.3. The third-order valence-corrected chi connectivity index (χ3v) is 2.31. The predicted molar refractivity (Wildman–Crippen MR) is 71.0 cm³/mol. The van der Waals surface area contributed by atoms with Crippen LogP contribution in [0.3, 0.4) is 0 Å². The van der Waals surface area contributed by atoms with E-state index in [4.69, 9.17) is 10.2 Å². The number of rotatable bonds is 4. The molecule has 0 saturated heterocycles. The largest absolute Gasteiger partial charge is 0.417 e. The number of halogens is 1. The highest BCUT2D eigenvalue weighted by atomic mass is 35.5. The van der Waals surface area contributed by atoms with Gasteiger partial charge in [0.2, 0.25) is 5.91 Å². The van der Waals surface area contributed by atoms with Gasteiger partial charge in [-0.3, -0.25) is 9.78 Å². The number of aromatic amines is 1. The van der Waals surface area contributed by atoms with Crippen molar-refractivity contribution in [1.29, 1.82) is 0 Å². The molecule has 0 radical (unpaired) electrons. The van der Waals surface area contributed by atoms with Gasteiger partial charge in [0.05, 0.1) is 5.52 Å². The molecule has 18 heavy (non-hydrogen) atoms. The van der Waals surface area contributed by atoms with E-state index in [-0.39, 0.29) is 18.3 Å². The van der Waals surface area contributed by atoms with Gasteiger partial charge in [-0.1, -0.05) is 0 Å². The molecule has 0 aliphatic rings. The molecule has 0 saturated carbocycles. The van der Waals surface area contributed by atoms with Crippen LogP contribution in [0.2, 0.25) is 0 Å². The lowest BCUT2D eigenvalue weighted by molar-refractivity contribution is -0.116. The highest BCUT2D eigenvalue weighted by Crippen LogP contribution is 2.16. The number of anilines is 1. The van der Waals surface area contributed by atoms with Crippen LogP contribution in [0.5, 0.6) is 0 Å². The van der Waals surface area contributed by atoms with Crippen molar-refractivity contribution >= 4 is 35.1 Å². The van der Waals surface area contributed by atoms with Crippen LogP contribution in [0, 0.1) is 0 Å². The number of H-pyrrole nitrogens is 1. The smallest absolute Gasteiger partial charge is 0.408 e. The van der Waals surface area contributed by atoms with E-state index < -0.39 is 5.76 Å². The van der Waals surface area contributed by atoms with Crippen molar-refractivity contribution in [1.82, 2.24) is 4.98 Å². The summed E-state index contributed by atoms with van der Waals surface area (Å²) in [4.78, 5) is 24.9. The molecule has 1 aromatic carbocycles. The molecule has 98 valence electrons. The average molecular weight is 272 g/mol. The van der Waals surface area contributed by atoms with Crippen molar-refractivity contribution < 1.29 is 9.21 Å². The molecule has 1 heterocycles. The van der Waals surface area contributed by atoms with E-state index in [1.54, 1.807) is 18.2 Å². The number of fused-ring (bicyclic) bond motifs is 1. The average Bonchev–Trinajstić information content (AvgIpc) is 2.65. The molecule has 0 aliphatic heterocycles. The molecule has 7 heteroatoms. The van der Waals surface area contributed by atoms with Crippen LogP contribution < -0.4 is 16.8 Å². The van der Waals surface area contributed by atoms with E-state index in [1.165, 1.54) is 0 Å². The first-order chi connectivity index (χ1) is 8.19. The zero-order valence-electron chi connectivity index (χ0n) is 9.56. The van der Waals surface area contributed by atoms with E-state index in [0.717, 1.165) is 0 Å². The van der Waals surface area contributed by atoms with Gasteiger partial charge in [0.1, 0.15) is 0 Å². The minimum absolute atomic E-state index is 0. The van der Waals surface area contributed by atoms with Gasteiger partial charge in [-0.15, -0.1) is 12.4 Å². The molecule has 0 unspecified atom stereocenters. The topological polar surface area (TPSA) is 101 Å². The number of hydrogen-bond acceptors (Lipinski definition) is 4. The first-order valence-corrected chi connectivity index (χ1v) is 5.32. The van der Waals surface area contributed by atoms with Crippen LogP contribution in [0.25, 0.3) is 11.1 Å². The Hall–Kier alpha value is -1.79. The second-order valence-electron chi connectivity index (χ2n) is 3.67. The van der Waals surface area contributed by atoms with Crippen molar-refractivity contribution in [2.75, 3.05) is 11.9 Å². The van der Waals surface area contributed by atoms with E-state index in [1.807, 2.05) is 0 Å². The molecule has 6 nitrogen and oxygen atoms in total. The Morgan fingerprint density at radius 2 is 2.22 bits per heavy atom. The first-order valence-electron chi connectivity index (χ1n) is 5.32. The number of carbonyl (C=O) groups excluding carboxylic acids is 1. The summed E-state index contributed by atoms with van der Waals surface area (Å²) in [6, 6.07) is 4.96. The summed E-state index contributed by atoms with van der Waals surface area (Å²) in [6.07, 6.45) is 1.03. The second-order valence-corrected chi connectivity index (χ2v) is 3.67. The van der Waals surface area contributed by atoms with Gasteiger partial charge in [-0.25, -0.2) is 4.79 Å². The minimum Gasteiger partial charge on any atom is -0.408 e. The predicted octanol–water partition coefficient (Wildman–Crippen LogP) is 1.22. The fourth-order valence-corrected chi connectivity index (χ4v) is 1.52. The van der Waals surface area contributed by atoms with Crippen LogP contribution >= 0.6 is 12.4 Å². The Balaban J connectivity index is 0.00000162. The summed E-state index contributed by atoms with van der Waals surface area (Å²) in [5.74, 6) is -0.604. The Kier molecular flexibility index (Phi) is 4.94. The number of oxazole rings is 1. The van der Waals surface area contributed by atoms with Crippen molar-refractivity contribution in [3.8, 4) is 0 Å². The number of benzene rings is 1. The van der Waals surface area contributed by atoms with Gasteiger partial charge in [-0.05, 0) is 31.2 Å². The lowest BCUT2D eigenvalue weighted by Gasteiger charge is -2.03. The minimum atomic E-state index is -0.508. The molecule has 0 spiro atoms. The van der Waals surface area contributed by atoms with E-state index in [9.17, 15) is 9.59 Å². The number of amides is 1. The Bertz CT molecular complexity index is 590. The monoisotopic (exact) mass is 271 g/mol. The van der Waals surface area contributed by atoms with E-state index in [2.05, 4.69) is 10.3 Å². The van der Waals surface area contributed by atoms with Crippen LogP contribution in [0.4, 0.5) is 5.69 Å². The summed E-state index contributed by atoms with van der Waals surface area (Å²) >= 11 is 0. The SMILES string of the molecule is Cl.NCCCC(=O)Nc1ccc2oc(=O)[nH]c2c1. The summed E-state index contributed by atoms with van der Waals surface area (Å²) < 4.78 is 4.85. The normalized spacial score (nSPS) is 10.1.